The molecular weight excluding hydrogens is 222 g/mol. The van der Waals surface area contributed by atoms with Gasteiger partial charge in [-0.25, -0.2) is 13.4 Å². The second-order valence-corrected chi connectivity index (χ2v) is 6.55. The van der Waals surface area contributed by atoms with Gasteiger partial charge in [0.05, 0.1) is 28.8 Å². The van der Waals surface area contributed by atoms with E-state index in [1.807, 2.05) is 0 Å². The Morgan fingerprint density at radius 2 is 2.43 bits per heavy atom. The van der Waals surface area contributed by atoms with Gasteiger partial charge < -0.3 is 5.11 Å². The Morgan fingerprint density at radius 3 is 2.93 bits per heavy atom. The molecule has 1 fully saturated rings. The summed E-state index contributed by atoms with van der Waals surface area (Å²) in [6, 6.07) is 0. The van der Waals surface area contributed by atoms with Crippen LogP contribution in [0.3, 0.4) is 0 Å². The van der Waals surface area contributed by atoms with E-state index in [4.69, 9.17) is 5.11 Å². The van der Waals surface area contributed by atoms with Gasteiger partial charge in [-0.05, 0) is 6.42 Å². The van der Waals surface area contributed by atoms with Crippen molar-refractivity contribution in [2.45, 2.75) is 18.9 Å². The Balaban J connectivity index is 2.17. The molecule has 1 aromatic rings. The molecule has 0 spiro atoms. The minimum atomic E-state index is -2.84. The molecule has 1 atom stereocenters. The van der Waals surface area contributed by atoms with Crippen LogP contribution >= 0.6 is 11.3 Å². The topological polar surface area (TPSA) is 67.3 Å². The van der Waals surface area contributed by atoms with Crippen LogP contribution in [-0.2, 0) is 16.4 Å². The average molecular weight is 233 g/mol. The molecule has 1 saturated heterocycles. The number of aliphatic hydroxyl groups is 1. The molecule has 1 N–H and O–H groups in total. The van der Waals surface area contributed by atoms with E-state index in [-0.39, 0.29) is 24.0 Å². The summed E-state index contributed by atoms with van der Waals surface area (Å²) in [6.45, 7) is -0.0734. The quantitative estimate of drug-likeness (QED) is 0.809. The predicted octanol–water partition coefficient (Wildman–Crippen LogP) is 0.538. The van der Waals surface area contributed by atoms with Gasteiger partial charge in [-0.3, -0.25) is 0 Å². The summed E-state index contributed by atoms with van der Waals surface area (Å²) in [5.41, 5.74) is 0.634. The summed E-state index contributed by atoms with van der Waals surface area (Å²) in [6.07, 6.45) is 0.667. The third-order valence-electron chi connectivity index (χ3n) is 2.31. The van der Waals surface area contributed by atoms with Gasteiger partial charge in [-0.1, -0.05) is 0 Å². The van der Waals surface area contributed by atoms with Gasteiger partial charge in [0.2, 0.25) is 0 Å². The summed E-state index contributed by atoms with van der Waals surface area (Å²) in [5, 5.41) is 11.4. The molecular formula is C8H11NO3S2. The lowest BCUT2D eigenvalue weighted by molar-refractivity contribution is 0.277. The third kappa shape index (κ3) is 1.97. The molecule has 0 amide bonds. The van der Waals surface area contributed by atoms with Crippen molar-refractivity contribution in [1.29, 1.82) is 0 Å². The van der Waals surface area contributed by atoms with Crippen LogP contribution in [0.2, 0.25) is 0 Å². The smallest absolute Gasteiger partial charge is 0.151 e. The van der Waals surface area contributed by atoms with E-state index in [0.29, 0.717) is 12.1 Å². The molecule has 1 unspecified atom stereocenters. The van der Waals surface area contributed by atoms with Gasteiger partial charge >= 0.3 is 0 Å². The summed E-state index contributed by atoms with van der Waals surface area (Å²) in [4.78, 5) is 4.18. The van der Waals surface area contributed by atoms with E-state index >= 15 is 0 Å². The van der Waals surface area contributed by atoms with E-state index in [9.17, 15) is 8.42 Å². The number of hydrogen-bond acceptors (Lipinski definition) is 5. The molecule has 4 nitrogen and oxygen atoms in total. The van der Waals surface area contributed by atoms with Gasteiger partial charge in [-0.2, -0.15) is 0 Å². The van der Waals surface area contributed by atoms with Gasteiger partial charge in [0, 0.05) is 11.3 Å². The maximum absolute atomic E-state index is 11.2. The first kappa shape index (κ1) is 10.1. The molecule has 1 aromatic heterocycles. The number of aromatic nitrogens is 1. The lowest BCUT2D eigenvalue weighted by atomic mass is 10.1. The molecule has 14 heavy (non-hydrogen) atoms. The van der Waals surface area contributed by atoms with E-state index in [2.05, 4.69) is 4.98 Å². The Labute approximate surface area is 86.5 Å². The number of hydrogen-bond donors (Lipinski definition) is 1. The van der Waals surface area contributed by atoms with Crippen molar-refractivity contribution in [1.82, 2.24) is 4.98 Å². The van der Waals surface area contributed by atoms with Crippen molar-refractivity contribution in [3.63, 3.8) is 0 Å². The average Bonchev–Trinajstić information content (AvgIpc) is 2.70. The molecule has 0 radical (unpaired) electrons. The zero-order chi connectivity index (χ0) is 10.2. The first-order chi connectivity index (χ1) is 6.61. The normalized spacial score (nSPS) is 25.4. The highest BCUT2D eigenvalue weighted by Gasteiger charge is 2.30. The van der Waals surface area contributed by atoms with Crippen LogP contribution < -0.4 is 0 Å². The van der Waals surface area contributed by atoms with E-state index in [0.717, 1.165) is 5.01 Å². The fourth-order valence-electron chi connectivity index (χ4n) is 1.57. The highest BCUT2D eigenvalue weighted by Crippen LogP contribution is 2.30. The van der Waals surface area contributed by atoms with Crippen LogP contribution in [0.4, 0.5) is 0 Å². The van der Waals surface area contributed by atoms with Gasteiger partial charge in [0.25, 0.3) is 0 Å². The highest BCUT2D eigenvalue weighted by molar-refractivity contribution is 7.91. The fraction of sp³-hybridized carbons (Fsp3) is 0.625. The van der Waals surface area contributed by atoms with Crippen molar-refractivity contribution in [2.75, 3.05) is 11.5 Å². The molecule has 0 aromatic carbocycles. The number of nitrogens with zero attached hydrogens (tertiary/aromatic N) is 1. The molecule has 1 aliphatic heterocycles. The highest BCUT2D eigenvalue weighted by atomic mass is 32.2. The van der Waals surface area contributed by atoms with Crippen molar-refractivity contribution in [2.24, 2.45) is 0 Å². The first-order valence-corrected chi connectivity index (χ1v) is 7.06. The van der Waals surface area contributed by atoms with E-state index in [1.165, 1.54) is 11.3 Å². The van der Waals surface area contributed by atoms with E-state index in [1.54, 1.807) is 5.38 Å². The first-order valence-electron chi connectivity index (χ1n) is 4.36. The predicted molar refractivity (Wildman–Crippen MR) is 54.0 cm³/mol. The Hall–Kier alpha value is -0.460. The number of thiazole rings is 1. The molecule has 2 heterocycles. The standard InChI is InChI=1S/C8H11NO3S2/c10-3-7-4-13-8(9-7)6-1-2-14(11,12)5-6/h4,6,10H,1-3,5H2. The van der Waals surface area contributed by atoms with Crippen LogP contribution in [-0.4, -0.2) is 30.0 Å². The van der Waals surface area contributed by atoms with Crippen LogP contribution in [0.25, 0.3) is 0 Å². The molecule has 6 heteroatoms. The Bertz CT molecular complexity index is 424. The summed E-state index contributed by atoms with van der Waals surface area (Å²) >= 11 is 1.44. The Morgan fingerprint density at radius 1 is 1.64 bits per heavy atom. The number of aliphatic hydroxyl groups excluding tert-OH is 1. The molecule has 0 aliphatic carbocycles. The summed E-state index contributed by atoms with van der Waals surface area (Å²) in [5.74, 6) is 0.530. The summed E-state index contributed by atoms with van der Waals surface area (Å²) in [7, 11) is -2.84. The second kappa shape index (κ2) is 3.60. The maximum atomic E-state index is 11.2. The van der Waals surface area contributed by atoms with Crippen molar-refractivity contribution in [3.8, 4) is 0 Å². The minimum absolute atomic E-state index is 0.0466. The Kier molecular flexibility index (Phi) is 2.59. The lowest BCUT2D eigenvalue weighted by Gasteiger charge is -2.00. The van der Waals surface area contributed by atoms with Gasteiger partial charge in [0.15, 0.2) is 9.84 Å². The molecule has 1 aliphatic rings. The third-order valence-corrected chi connectivity index (χ3v) is 5.14. The van der Waals surface area contributed by atoms with Crippen molar-refractivity contribution < 1.29 is 13.5 Å². The zero-order valence-corrected chi connectivity index (χ0v) is 9.14. The molecule has 78 valence electrons. The van der Waals surface area contributed by atoms with Crippen LogP contribution in [0.1, 0.15) is 23.0 Å². The lowest BCUT2D eigenvalue weighted by Crippen LogP contribution is -2.03. The maximum Gasteiger partial charge on any atom is 0.151 e. The second-order valence-electron chi connectivity index (χ2n) is 3.44. The fourth-order valence-corrected chi connectivity index (χ4v) is 4.37. The van der Waals surface area contributed by atoms with Gasteiger partial charge in [-0.15, -0.1) is 11.3 Å². The van der Waals surface area contributed by atoms with Crippen LogP contribution in [0.15, 0.2) is 5.38 Å². The molecule has 0 saturated carbocycles. The summed E-state index contributed by atoms with van der Waals surface area (Å²) < 4.78 is 22.4. The largest absolute Gasteiger partial charge is 0.390 e. The monoisotopic (exact) mass is 233 g/mol. The van der Waals surface area contributed by atoms with E-state index < -0.39 is 9.84 Å². The zero-order valence-electron chi connectivity index (χ0n) is 7.51. The number of sulfone groups is 1. The number of rotatable bonds is 2. The van der Waals surface area contributed by atoms with Crippen LogP contribution in [0.5, 0.6) is 0 Å². The minimum Gasteiger partial charge on any atom is -0.390 e. The SMILES string of the molecule is O=S1(=O)CCC(c2nc(CO)cs2)C1. The van der Waals surface area contributed by atoms with Crippen LogP contribution in [0, 0.1) is 0 Å². The molecule has 0 bridgehead atoms. The molecule has 2 rings (SSSR count). The van der Waals surface area contributed by atoms with Crippen molar-refractivity contribution in [3.05, 3.63) is 16.1 Å². The van der Waals surface area contributed by atoms with Crippen molar-refractivity contribution >= 4 is 21.2 Å². The van der Waals surface area contributed by atoms with Gasteiger partial charge in [0.1, 0.15) is 0 Å².